The van der Waals surface area contributed by atoms with Crippen molar-refractivity contribution in [1.82, 2.24) is 9.80 Å². The van der Waals surface area contributed by atoms with Gasteiger partial charge in [-0.05, 0) is 42.4 Å². The second-order valence-electron chi connectivity index (χ2n) is 8.61. The summed E-state index contributed by atoms with van der Waals surface area (Å²) in [5.41, 5.74) is 7.40. The first-order chi connectivity index (χ1) is 15.0. The van der Waals surface area contributed by atoms with Crippen LogP contribution in [0.25, 0.3) is 0 Å². The Morgan fingerprint density at radius 2 is 1.58 bits per heavy atom. The highest BCUT2D eigenvalue weighted by Gasteiger charge is 2.39. The lowest BCUT2D eigenvalue weighted by Gasteiger charge is -2.37. The van der Waals surface area contributed by atoms with E-state index >= 15 is 0 Å². The zero-order valence-corrected chi connectivity index (χ0v) is 17.7. The van der Waals surface area contributed by atoms with Crippen LogP contribution in [-0.2, 0) is 16.0 Å². The number of nitrogens with two attached hydrogens (primary N) is 1. The van der Waals surface area contributed by atoms with E-state index in [1.807, 2.05) is 65.6 Å². The van der Waals surface area contributed by atoms with Gasteiger partial charge in [-0.3, -0.25) is 14.4 Å². The lowest BCUT2D eigenvalue weighted by atomic mass is 9.82. The van der Waals surface area contributed by atoms with E-state index in [1.54, 1.807) is 4.90 Å². The molecule has 2 fully saturated rings. The summed E-state index contributed by atoms with van der Waals surface area (Å²) in [6, 6.07) is 18.4. The molecule has 2 aliphatic heterocycles. The van der Waals surface area contributed by atoms with E-state index in [0.717, 1.165) is 18.4 Å². The number of nitrogens with zero attached hydrogens (tertiary/aromatic N) is 2. The molecule has 0 radical (unpaired) electrons. The van der Waals surface area contributed by atoms with Crippen molar-refractivity contribution in [2.75, 3.05) is 19.6 Å². The van der Waals surface area contributed by atoms with Gasteiger partial charge in [0.1, 0.15) is 6.04 Å². The monoisotopic (exact) mass is 419 g/mol. The van der Waals surface area contributed by atoms with Crippen molar-refractivity contribution < 1.29 is 14.4 Å². The SMILES string of the molecule is NC(=O)C(Cc1ccccc1)N1CCC2CN(C(=O)c3ccccc3)CCC2CC1=O. The fourth-order valence-electron chi connectivity index (χ4n) is 4.93. The van der Waals surface area contributed by atoms with Crippen LogP contribution in [0.2, 0.25) is 0 Å². The molecule has 0 bridgehead atoms. The number of carbonyl (C=O) groups is 3. The number of carbonyl (C=O) groups excluding carboxylic acids is 3. The van der Waals surface area contributed by atoms with E-state index in [4.69, 9.17) is 5.73 Å². The van der Waals surface area contributed by atoms with Gasteiger partial charge < -0.3 is 15.5 Å². The maximum Gasteiger partial charge on any atom is 0.253 e. The molecule has 6 heteroatoms. The van der Waals surface area contributed by atoms with Crippen LogP contribution in [0.5, 0.6) is 0 Å². The first-order valence-electron chi connectivity index (χ1n) is 11.0. The molecule has 0 aliphatic carbocycles. The predicted octanol–water partition coefficient (Wildman–Crippen LogP) is 2.48. The number of rotatable bonds is 5. The Bertz CT molecular complexity index is 932. The molecule has 2 aliphatic rings. The number of likely N-dealkylation sites (tertiary alicyclic amines) is 2. The summed E-state index contributed by atoms with van der Waals surface area (Å²) in [5.74, 6) is 0.0618. The molecule has 31 heavy (non-hydrogen) atoms. The molecular formula is C25H29N3O3. The summed E-state index contributed by atoms with van der Waals surface area (Å²) in [4.78, 5) is 41.8. The topological polar surface area (TPSA) is 83.7 Å². The van der Waals surface area contributed by atoms with Crippen LogP contribution >= 0.6 is 0 Å². The highest BCUT2D eigenvalue weighted by molar-refractivity contribution is 5.94. The molecule has 3 amide bonds. The van der Waals surface area contributed by atoms with Gasteiger partial charge in [0, 0.05) is 38.0 Å². The van der Waals surface area contributed by atoms with Gasteiger partial charge in [-0.25, -0.2) is 0 Å². The van der Waals surface area contributed by atoms with Gasteiger partial charge in [0.2, 0.25) is 11.8 Å². The minimum Gasteiger partial charge on any atom is -0.368 e. The lowest BCUT2D eigenvalue weighted by molar-refractivity contribution is -0.139. The van der Waals surface area contributed by atoms with E-state index in [0.29, 0.717) is 38.0 Å². The van der Waals surface area contributed by atoms with E-state index in [2.05, 4.69) is 0 Å². The second kappa shape index (κ2) is 9.33. The molecule has 2 saturated heterocycles. The van der Waals surface area contributed by atoms with Gasteiger partial charge in [-0.15, -0.1) is 0 Å². The zero-order chi connectivity index (χ0) is 21.8. The molecule has 6 nitrogen and oxygen atoms in total. The summed E-state index contributed by atoms with van der Waals surface area (Å²) >= 11 is 0. The molecule has 0 aromatic heterocycles. The Morgan fingerprint density at radius 1 is 0.935 bits per heavy atom. The van der Waals surface area contributed by atoms with Crippen molar-refractivity contribution in [1.29, 1.82) is 0 Å². The molecule has 2 aromatic rings. The van der Waals surface area contributed by atoms with Gasteiger partial charge in [-0.1, -0.05) is 48.5 Å². The van der Waals surface area contributed by atoms with Crippen LogP contribution in [0.1, 0.15) is 35.2 Å². The van der Waals surface area contributed by atoms with Crippen LogP contribution in [-0.4, -0.2) is 53.2 Å². The molecule has 2 aromatic carbocycles. The van der Waals surface area contributed by atoms with Crippen LogP contribution in [0, 0.1) is 11.8 Å². The van der Waals surface area contributed by atoms with Gasteiger partial charge in [0.25, 0.3) is 5.91 Å². The molecule has 3 atom stereocenters. The summed E-state index contributed by atoms with van der Waals surface area (Å²) in [5, 5.41) is 0. The molecular weight excluding hydrogens is 390 g/mol. The minimum atomic E-state index is -0.642. The van der Waals surface area contributed by atoms with Crippen molar-refractivity contribution in [2.45, 2.75) is 31.7 Å². The van der Waals surface area contributed by atoms with Gasteiger partial charge >= 0.3 is 0 Å². The summed E-state index contributed by atoms with van der Waals surface area (Å²) < 4.78 is 0. The smallest absolute Gasteiger partial charge is 0.253 e. The lowest BCUT2D eigenvalue weighted by Crippen LogP contribution is -2.49. The normalized spacial score (nSPS) is 22.4. The Morgan fingerprint density at radius 3 is 2.26 bits per heavy atom. The summed E-state index contributed by atoms with van der Waals surface area (Å²) in [6.07, 6.45) is 2.42. The number of piperidine rings is 1. The third-order valence-corrected chi connectivity index (χ3v) is 6.67. The Kier molecular flexibility index (Phi) is 6.35. The Labute approximate surface area is 183 Å². The average Bonchev–Trinajstić information content (AvgIpc) is 2.95. The number of amides is 3. The van der Waals surface area contributed by atoms with Crippen LogP contribution in [0.15, 0.2) is 60.7 Å². The Balaban J connectivity index is 1.45. The summed E-state index contributed by atoms with van der Waals surface area (Å²) in [7, 11) is 0. The number of hydrogen-bond acceptors (Lipinski definition) is 3. The maximum atomic E-state index is 13.1. The third kappa shape index (κ3) is 4.79. The highest BCUT2D eigenvalue weighted by atomic mass is 16.2. The Hall–Kier alpha value is -3.15. The van der Waals surface area contributed by atoms with Crippen molar-refractivity contribution in [3.05, 3.63) is 71.8 Å². The van der Waals surface area contributed by atoms with Gasteiger partial charge in [-0.2, -0.15) is 0 Å². The van der Waals surface area contributed by atoms with Gasteiger partial charge in [0.15, 0.2) is 0 Å². The average molecular weight is 420 g/mol. The quantitative estimate of drug-likeness (QED) is 0.808. The number of fused-ring (bicyclic) bond motifs is 1. The van der Waals surface area contributed by atoms with Gasteiger partial charge in [0.05, 0.1) is 0 Å². The summed E-state index contributed by atoms with van der Waals surface area (Å²) in [6.45, 7) is 1.80. The molecule has 2 heterocycles. The third-order valence-electron chi connectivity index (χ3n) is 6.67. The minimum absolute atomic E-state index is 0.00457. The van der Waals surface area contributed by atoms with E-state index in [-0.39, 0.29) is 23.7 Å². The van der Waals surface area contributed by atoms with Crippen LogP contribution in [0.3, 0.4) is 0 Å². The largest absolute Gasteiger partial charge is 0.368 e. The fourth-order valence-corrected chi connectivity index (χ4v) is 4.93. The zero-order valence-electron chi connectivity index (χ0n) is 17.7. The van der Waals surface area contributed by atoms with E-state index < -0.39 is 11.9 Å². The molecule has 2 N–H and O–H groups in total. The first kappa shape index (κ1) is 21.1. The number of hydrogen-bond donors (Lipinski definition) is 1. The standard InChI is InChI=1S/C25H29N3O3/c26-24(30)22(15-18-7-3-1-4-8-18)28-14-12-21-17-27(13-11-20(21)16-23(28)29)25(31)19-9-5-2-6-10-19/h1-10,20-22H,11-17H2,(H2,26,30). The molecule has 0 saturated carbocycles. The van der Waals surface area contributed by atoms with Crippen LogP contribution in [0.4, 0.5) is 0 Å². The molecule has 162 valence electrons. The molecule has 4 rings (SSSR count). The maximum absolute atomic E-state index is 13.1. The second-order valence-corrected chi connectivity index (χ2v) is 8.61. The van der Waals surface area contributed by atoms with Crippen molar-refractivity contribution in [3.8, 4) is 0 Å². The van der Waals surface area contributed by atoms with Crippen molar-refractivity contribution in [3.63, 3.8) is 0 Å². The number of benzene rings is 2. The predicted molar refractivity (Wildman–Crippen MR) is 118 cm³/mol. The highest BCUT2D eigenvalue weighted by Crippen LogP contribution is 2.33. The molecule has 3 unspecified atom stereocenters. The fraction of sp³-hybridized carbons (Fsp3) is 0.400. The first-order valence-corrected chi connectivity index (χ1v) is 11.0. The van der Waals surface area contributed by atoms with E-state index in [1.165, 1.54) is 0 Å². The van der Waals surface area contributed by atoms with Crippen LogP contribution < -0.4 is 5.73 Å². The van der Waals surface area contributed by atoms with Crippen molar-refractivity contribution in [2.24, 2.45) is 17.6 Å². The molecule has 0 spiro atoms. The number of primary amides is 1. The van der Waals surface area contributed by atoms with E-state index in [9.17, 15) is 14.4 Å². The van der Waals surface area contributed by atoms with Crippen molar-refractivity contribution >= 4 is 17.7 Å².